The lowest BCUT2D eigenvalue weighted by Crippen LogP contribution is -2.03. The molecule has 0 N–H and O–H groups in total. The number of hydrogen-bond acceptors (Lipinski definition) is 2. The van der Waals surface area contributed by atoms with E-state index in [1.54, 1.807) is 0 Å². The molecular formula is C9H8ClFO2. The van der Waals surface area contributed by atoms with E-state index in [2.05, 4.69) is 0 Å². The third kappa shape index (κ3) is 2.18. The van der Waals surface area contributed by atoms with Gasteiger partial charge in [0.15, 0.2) is 5.78 Å². The molecule has 0 atom stereocenters. The van der Waals surface area contributed by atoms with Crippen LogP contribution in [0.1, 0.15) is 10.4 Å². The van der Waals surface area contributed by atoms with E-state index in [9.17, 15) is 9.18 Å². The molecule has 70 valence electrons. The van der Waals surface area contributed by atoms with E-state index in [4.69, 9.17) is 16.3 Å². The van der Waals surface area contributed by atoms with Crippen LogP contribution in [0.5, 0.6) is 5.75 Å². The Morgan fingerprint density at radius 2 is 2.31 bits per heavy atom. The summed E-state index contributed by atoms with van der Waals surface area (Å²) in [4.78, 5) is 11.1. The standard InChI is InChI=1S/C9H8ClFO2/c1-13-6-2-3-8(11)7(4-6)9(12)5-10/h2-4H,5H2,1H3. The number of ketones is 1. The minimum Gasteiger partial charge on any atom is -0.497 e. The normalized spacial score (nSPS) is 9.77. The molecule has 13 heavy (non-hydrogen) atoms. The molecule has 0 saturated heterocycles. The summed E-state index contributed by atoms with van der Waals surface area (Å²) in [5, 5.41) is 0. The number of carbonyl (C=O) groups excluding carboxylic acids is 1. The number of methoxy groups -OCH3 is 1. The number of Topliss-reactive ketones (excluding diaryl/α,β-unsaturated/α-hetero) is 1. The first kappa shape index (κ1) is 9.99. The van der Waals surface area contributed by atoms with Crippen LogP contribution in [0.15, 0.2) is 18.2 Å². The van der Waals surface area contributed by atoms with E-state index in [0.717, 1.165) is 0 Å². The average Bonchev–Trinajstić information content (AvgIpc) is 2.17. The van der Waals surface area contributed by atoms with E-state index in [1.165, 1.54) is 25.3 Å². The molecule has 2 nitrogen and oxygen atoms in total. The minimum atomic E-state index is -0.577. The maximum atomic E-state index is 13.0. The number of halogens is 2. The molecular weight excluding hydrogens is 195 g/mol. The molecule has 1 aromatic rings. The SMILES string of the molecule is COc1ccc(F)c(C(=O)CCl)c1. The molecule has 0 aliphatic rings. The molecule has 0 fully saturated rings. The third-order valence-electron chi connectivity index (χ3n) is 1.60. The van der Waals surface area contributed by atoms with Gasteiger partial charge in [-0.3, -0.25) is 4.79 Å². The van der Waals surface area contributed by atoms with Crippen LogP contribution < -0.4 is 4.74 Å². The van der Waals surface area contributed by atoms with Crippen molar-refractivity contribution in [3.63, 3.8) is 0 Å². The van der Waals surface area contributed by atoms with Crippen LogP contribution in [0, 0.1) is 5.82 Å². The number of benzene rings is 1. The first-order valence-electron chi connectivity index (χ1n) is 3.61. The van der Waals surface area contributed by atoms with Crippen molar-refractivity contribution in [2.75, 3.05) is 13.0 Å². The van der Waals surface area contributed by atoms with Crippen LogP contribution in [0.3, 0.4) is 0 Å². The molecule has 1 rings (SSSR count). The van der Waals surface area contributed by atoms with Gasteiger partial charge in [0.25, 0.3) is 0 Å². The summed E-state index contributed by atoms with van der Waals surface area (Å²) in [6, 6.07) is 3.96. The molecule has 0 bridgehead atoms. The van der Waals surface area contributed by atoms with E-state index >= 15 is 0 Å². The van der Waals surface area contributed by atoms with Crippen molar-refractivity contribution in [3.05, 3.63) is 29.6 Å². The topological polar surface area (TPSA) is 26.3 Å². The molecule has 4 heteroatoms. The summed E-state index contributed by atoms with van der Waals surface area (Å²) in [5.41, 5.74) is -0.0330. The first-order valence-corrected chi connectivity index (χ1v) is 4.15. The quantitative estimate of drug-likeness (QED) is 0.555. The summed E-state index contributed by atoms with van der Waals surface area (Å²) < 4.78 is 17.9. The molecule has 0 saturated carbocycles. The van der Waals surface area contributed by atoms with E-state index in [1.807, 2.05) is 0 Å². The number of rotatable bonds is 3. The van der Waals surface area contributed by atoms with Crippen molar-refractivity contribution in [2.24, 2.45) is 0 Å². The fourth-order valence-corrected chi connectivity index (χ4v) is 1.06. The van der Waals surface area contributed by atoms with Gasteiger partial charge in [0.1, 0.15) is 11.6 Å². The Hall–Kier alpha value is -1.09. The third-order valence-corrected chi connectivity index (χ3v) is 1.84. The fourth-order valence-electron chi connectivity index (χ4n) is 0.917. The van der Waals surface area contributed by atoms with Gasteiger partial charge in [0.05, 0.1) is 18.6 Å². The molecule has 0 unspecified atom stereocenters. The maximum Gasteiger partial charge on any atom is 0.180 e. The Labute approximate surface area is 80.3 Å². The lowest BCUT2D eigenvalue weighted by molar-refractivity contribution is 0.101. The zero-order chi connectivity index (χ0) is 9.84. The van der Waals surface area contributed by atoms with Crippen molar-refractivity contribution in [1.82, 2.24) is 0 Å². The van der Waals surface area contributed by atoms with Crippen molar-refractivity contribution in [2.45, 2.75) is 0 Å². The van der Waals surface area contributed by atoms with Crippen LogP contribution in [0.2, 0.25) is 0 Å². The zero-order valence-corrected chi connectivity index (χ0v) is 7.77. The number of carbonyl (C=O) groups is 1. The Morgan fingerprint density at radius 1 is 1.62 bits per heavy atom. The predicted molar refractivity (Wildman–Crippen MR) is 48.0 cm³/mol. The number of hydrogen-bond donors (Lipinski definition) is 0. The van der Waals surface area contributed by atoms with Gasteiger partial charge in [-0.25, -0.2) is 4.39 Å². The lowest BCUT2D eigenvalue weighted by atomic mass is 10.1. The van der Waals surface area contributed by atoms with Crippen molar-refractivity contribution in [1.29, 1.82) is 0 Å². The van der Waals surface area contributed by atoms with Crippen molar-refractivity contribution >= 4 is 17.4 Å². The molecule has 1 aromatic carbocycles. The largest absolute Gasteiger partial charge is 0.497 e. The predicted octanol–water partition coefficient (Wildman–Crippen LogP) is 2.26. The van der Waals surface area contributed by atoms with Gasteiger partial charge in [0.2, 0.25) is 0 Å². The summed E-state index contributed by atoms with van der Waals surface area (Å²) in [6.45, 7) is 0. The smallest absolute Gasteiger partial charge is 0.180 e. The summed E-state index contributed by atoms with van der Waals surface area (Å²) in [5.74, 6) is -0.816. The highest BCUT2D eigenvalue weighted by Crippen LogP contribution is 2.17. The van der Waals surface area contributed by atoms with Gasteiger partial charge >= 0.3 is 0 Å². The number of ether oxygens (including phenoxy) is 1. The molecule has 0 spiro atoms. The van der Waals surface area contributed by atoms with Crippen LogP contribution in [0.25, 0.3) is 0 Å². The highest BCUT2D eigenvalue weighted by molar-refractivity contribution is 6.30. The molecule has 0 aliphatic heterocycles. The van der Waals surface area contributed by atoms with Crippen molar-refractivity contribution in [3.8, 4) is 5.75 Å². The van der Waals surface area contributed by atoms with E-state index in [-0.39, 0.29) is 11.4 Å². The lowest BCUT2D eigenvalue weighted by Gasteiger charge is -2.03. The Bertz CT molecular complexity index is 325. The summed E-state index contributed by atoms with van der Waals surface area (Å²) in [7, 11) is 1.45. The van der Waals surface area contributed by atoms with Gasteiger partial charge in [-0.1, -0.05) is 0 Å². The van der Waals surface area contributed by atoms with Crippen molar-refractivity contribution < 1.29 is 13.9 Å². The molecule has 0 amide bonds. The molecule has 0 aromatic heterocycles. The highest BCUT2D eigenvalue weighted by Gasteiger charge is 2.11. The molecule has 0 heterocycles. The zero-order valence-electron chi connectivity index (χ0n) is 7.01. The minimum absolute atomic E-state index is 0.0330. The van der Waals surface area contributed by atoms with Gasteiger partial charge in [0, 0.05) is 0 Å². The van der Waals surface area contributed by atoms with Gasteiger partial charge in [-0.05, 0) is 18.2 Å². The average molecular weight is 203 g/mol. The second-order valence-electron chi connectivity index (χ2n) is 2.40. The Kier molecular flexibility index (Phi) is 3.25. The molecule has 0 radical (unpaired) electrons. The first-order chi connectivity index (χ1) is 6.19. The molecule has 0 aliphatic carbocycles. The van der Waals surface area contributed by atoms with E-state index in [0.29, 0.717) is 5.75 Å². The fraction of sp³-hybridized carbons (Fsp3) is 0.222. The monoisotopic (exact) mass is 202 g/mol. The number of alkyl halides is 1. The summed E-state index contributed by atoms with van der Waals surface area (Å²) >= 11 is 5.30. The highest BCUT2D eigenvalue weighted by atomic mass is 35.5. The maximum absolute atomic E-state index is 13.0. The summed E-state index contributed by atoms with van der Waals surface area (Å²) in [6.07, 6.45) is 0. The van der Waals surface area contributed by atoms with E-state index < -0.39 is 11.6 Å². The van der Waals surface area contributed by atoms with Crippen LogP contribution in [-0.2, 0) is 0 Å². The second-order valence-corrected chi connectivity index (χ2v) is 2.67. The van der Waals surface area contributed by atoms with Crippen LogP contribution in [0.4, 0.5) is 4.39 Å². The van der Waals surface area contributed by atoms with Gasteiger partial charge in [-0.15, -0.1) is 11.6 Å². The van der Waals surface area contributed by atoms with Crippen LogP contribution in [-0.4, -0.2) is 18.8 Å². The van der Waals surface area contributed by atoms with Gasteiger partial charge in [-0.2, -0.15) is 0 Å². The van der Waals surface area contributed by atoms with Crippen LogP contribution >= 0.6 is 11.6 Å². The second kappa shape index (κ2) is 4.23. The van der Waals surface area contributed by atoms with Gasteiger partial charge < -0.3 is 4.74 Å². The Morgan fingerprint density at radius 3 is 2.85 bits per heavy atom. The Balaban J connectivity index is 3.11.